The van der Waals surface area contributed by atoms with Crippen molar-refractivity contribution in [1.82, 2.24) is 4.90 Å². The minimum absolute atomic E-state index is 0.157. The molecular formula is C21H19ClN2O3S. The van der Waals surface area contributed by atoms with E-state index in [1.54, 1.807) is 0 Å². The molecule has 0 spiro atoms. The van der Waals surface area contributed by atoms with Crippen molar-refractivity contribution < 1.29 is 14.3 Å². The van der Waals surface area contributed by atoms with Gasteiger partial charge < -0.3 is 10.5 Å². The molecule has 2 aliphatic rings. The molecule has 5 nitrogen and oxygen atoms in total. The summed E-state index contributed by atoms with van der Waals surface area (Å²) in [5.74, 6) is -0.122. The third-order valence-electron chi connectivity index (χ3n) is 4.87. The summed E-state index contributed by atoms with van der Waals surface area (Å²) < 4.78 is 5.93. The van der Waals surface area contributed by atoms with Gasteiger partial charge >= 0.3 is 5.97 Å². The Morgan fingerprint density at radius 1 is 1.14 bits per heavy atom. The van der Waals surface area contributed by atoms with E-state index >= 15 is 0 Å². The Hall–Kier alpha value is -2.28. The van der Waals surface area contributed by atoms with Crippen LogP contribution in [-0.2, 0) is 14.3 Å². The molecule has 2 atom stereocenters. The lowest BCUT2D eigenvalue weighted by Gasteiger charge is -2.48. The zero-order valence-electron chi connectivity index (χ0n) is 15.0. The van der Waals surface area contributed by atoms with E-state index in [4.69, 9.17) is 22.1 Å². The standard InChI is InChI=1S/C21H19ClN2O3S/c22-11-15-12-28-20-16(23)19(25)24(20)17(15)21(26)27-18(13-7-3-1-4-8-13)14-9-5-2-6-10-14/h1-10,16,18,20H,11-12,23H2/t16-,20+/m1/s1. The number of ether oxygens (including phenoxy) is 1. The van der Waals surface area contributed by atoms with Crippen molar-refractivity contribution in [2.45, 2.75) is 17.5 Å². The van der Waals surface area contributed by atoms with E-state index in [1.165, 1.54) is 16.7 Å². The maximum atomic E-state index is 13.2. The van der Waals surface area contributed by atoms with E-state index in [1.807, 2.05) is 60.7 Å². The molecule has 7 heteroatoms. The molecule has 0 radical (unpaired) electrons. The maximum Gasteiger partial charge on any atom is 0.356 e. The van der Waals surface area contributed by atoms with Crippen LogP contribution in [0.3, 0.4) is 0 Å². The maximum absolute atomic E-state index is 13.2. The summed E-state index contributed by atoms with van der Waals surface area (Å²) in [5.41, 5.74) is 8.52. The molecule has 2 aromatic carbocycles. The molecule has 28 heavy (non-hydrogen) atoms. The summed E-state index contributed by atoms with van der Waals surface area (Å²) >= 11 is 7.58. The molecule has 2 aliphatic heterocycles. The molecule has 1 fully saturated rings. The van der Waals surface area contributed by atoms with E-state index in [2.05, 4.69) is 0 Å². The fraction of sp³-hybridized carbons (Fsp3) is 0.238. The first-order valence-electron chi connectivity index (χ1n) is 8.91. The zero-order valence-corrected chi connectivity index (χ0v) is 16.5. The molecule has 0 saturated carbocycles. The lowest BCUT2D eigenvalue weighted by Crippen LogP contribution is -2.68. The normalized spacial score (nSPS) is 21.4. The number of halogens is 1. The first-order chi connectivity index (χ1) is 13.6. The summed E-state index contributed by atoms with van der Waals surface area (Å²) in [7, 11) is 0. The van der Waals surface area contributed by atoms with Crippen molar-refractivity contribution in [2.24, 2.45) is 5.73 Å². The third-order valence-corrected chi connectivity index (χ3v) is 6.56. The summed E-state index contributed by atoms with van der Waals surface area (Å²) in [6.07, 6.45) is -0.586. The van der Waals surface area contributed by atoms with E-state index < -0.39 is 18.1 Å². The van der Waals surface area contributed by atoms with Crippen LogP contribution in [0.15, 0.2) is 71.9 Å². The van der Waals surface area contributed by atoms with Crippen LogP contribution in [0.4, 0.5) is 0 Å². The number of β-lactam (4-membered cyclic amide) rings is 1. The second kappa shape index (κ2) is 7.99. The molecule has 4 rings (SSSR count). The summed E-state index contributed by atoms with van der Waals surface area (Å²) in [6.45, 7) is 0. The van der Waals surface area contributed by atoms with Gasteiger partial charge in [-0.2, -0.15) is 0 Å². The number of hydrogen-bond acceptors (Lipinski definition) is 5. The summed E-state index contributed by atoms with van der Waals surface area (Å²) in [5, 5.41) is -0.242. The number of esters is 1. The van der Waals surface area contributed by atoms with Crippen molar-refractivity contribution in [3.8, 4) is 0 Å². The van der Waals surface area contributed by atoms with Gasteiger partial charge in [0.25, 0.3) is 0 Å². The van der Waals surface area contributed by atoms with Crippen LogP contribution in [0.1, 0.15) is 17.2 Å². The molecule has 0 aromatic heterocycles. The number of fused-ring (bicyclic) bond motifs is 1. The topological polar surface area (TPSA) is 72.6 Å². The number of amides is 1. The average molecular weight is 415 g/mol. The highest BCUT2D eigenvalue weighted by Crippen LogP contribution is 2.41. The summed E-state index contributed by atoms with van der Waals surface area (Å²) in [6, 6.07) is 18.4. The molecule has 0 unspecified atom stereocenters. The summed E-state index contributed by atoms with van der Waals surface area (Å²) in [4.78, 5) is 26.9. The van der Waals surface area contributed by atoms with Crippen molar-refractivity contribution in [1.29, 1.82) is 0 Å². The molecule has 0 aliphatic carbocycles. The Labute approximate surface area is 172 Å². The van der Waals surface area contributed by atoms with Gasteiger partial charge in [-0.05, 0) is 16.7 Å². The van der Waals surface area contributed by atoms with E-state index in [-0.39, 0.29) is 22.9 Å². The van der Waals surface area contributed by atoms with Gasteiger partial charge in [-0.3, -0.25) is 9.69 Å². The molecule has 144 valence electrons. The first-order valence-corrected chi connectivity index (χ1v) is 10.5. The van der Waals surface area contributed by atoms with Crippen LogP contribution in [-0.4, -0.2) is 39.8 Å². The Bertz CT molecular complexity index is 880. The van der Waals surface area contributed by atoms with Gasteiger partial charge in [-0.15, -0.1) is 23.4 Å². The van der Waals surface area contributed by atoms with Crippen LogP contribution in [0.25, 0.3) is 0 Å². The fourth-order valence-electron chi connectivity index (χ4n) is 3.42. The Morgan fingerprint density at radius 2 is 1.71 bits per heavy atom. The van der Waals surface area contributed by atoms with Gasteiger partial charge in [-0.1, -0.05) is 60.7 Å². The van der Waals surface area contributed by atoms with E-state index in [0.717, 1.165) is 11.1 Å². The van der Waals surface area contributed by atoms with Crippen LogP contribution in [0, 0.1) is 0 Å². The number of thioether (sulfide) groups is 1. The largest absolute Gasteiger partial charge is 0.448 e. The number of carbonyl (C=O) groups excluding carboxylic acids is 2. The average Bonchev–Trinajstić information content (AvgIpc) is 2.76. The molecule has 0 bridgehead atoms. The van der Waals surface area contributed by atoms with Crippen LogP contribution in [0.2, 0.25) is 0 Å². The van der Waals surface area contributed by atoms with Gasteiger partial charge in [0.1, 0.15) is 17.1 Å². The molecule has 2 heterocycles. The van der Waals surface area contributed by atoms with Gasteiger partial charge in [0.2, 0.25) is 5.91 Å². The molecule has 2 N–H and O–H groups in total. The predicted molar refractivity (Wildman–Crippen MR) is 110 cm³/mol. The van der Waals surface area contributed by atoms with E-state index in [0.29, 0.717) is 11.3 Å². The van der Waals surface area contributed by atoms with Crippen molar-refractivity contribution in [3.63, 3.8) is 0 Å². The number of nitrogens with zero attached hydrogens (tertiary/aromatic N) is 1. The van der Waals surface area contributed by atoms with Crippen molar-refractivity contribution >= 4 is 35.2 Å². The third kappa shape index (κ3) is 3.32. The molecular weight excluding hydrogens is 396 g/mol. The van der Waals surface area contributed by atoms with Crippen LogP contribution < -0.4 is 5.73 Å². The lowest BCUT2D eigenvalue weighted by atomic mass is 10.0. The van der Waals surface area contributed by atoms with Gasteiger partial charge in [0, 0.05) is 11.6 Å². The minimum Gasteiger partial charge on any atom is -0.448 e. The SMILES string of the molecule is N[C@@H]1C(=O)N2C(C(=O)OC(c3ccccc3)c3ccccc3)=C(CCl)CS[C@@H]12. The fourth-order valence-corrected chi connectivity index (χ4v) is 5.04. The minimum atomic E-state index is -0.594. The highest BCUT2D eigenvalue weighted by atomic mass is 35.5. The number of benzene rings is 2. The number of alkyl halides is 1. The number of rotatable bonds is 5. The molecule has 1 amide bonds. The second-order valence-electron chi connectivity index (χ2n) is 6.63. The van der Waals surface area contributed by atoms with E-state index in [9.17, 15) is 9.59 Å². The monoisotopic (exact) mass is 414 g/mol. The van der Waals surface area contributed by atoms with Gasteiger partial charge in [0.15, 0.2) is 6.10 Å². The lowest BCUT2D eigenvalue weighted by molar-refractivity contribution is -0.153. The number of hydrogen-bond donors (Lipinski definition) is 1. The van der Waals surface area contributed by atoms with Crippen molar-refractivity contribution in [2.75, 3.05) is 11.6 Å². The van der Waals surface area contributed by atoms with Gasteiger partial charge in [0.05, 0.1) is 0 Å². The first kappa shape index (κ1) is 19.1. The highest BCUT2D eigenvalue weighted by molar-refractivity contribution is 8.00. The Kier molecular flexibility index (Phi) is 5.44. The Balaban J connectivity index is 1.68. The number of nitrogens with two attached hydrogens (primary N) is 1. The Morgan fingerprint density at radius 3 is 2.25 bits per heavy atom. The predicted octanol–water partition coefficient (Wildman–Crippen LogP) is 3.05. The smallest absolute Gasteiger partial charge is 0.356 e. The van der Waals surface area contributed by atoms with Crippen molar-refractivity contribution in [3.05, 3.63) is 83.1 Å². The highest BCUT2D eigenvalue weighted by Gasteiger charge is 2.52. The molecule has 1 saturated heterocycles. The number of carbonyl (C=O) groups is 2. The molecule has 2 aromatic rings. The van der Waals surface area contributed by atoms with Crippen LogP contribution >= 0.6 is 23.4 Å². The zero-order chi connectivity index (χ0) is 19.7. The van der Waals surface area contributed by atoms with Gasteiger partial charge in [-0.25, -0.2) is 4.79 Å². The second-order valence-corrected chi connectivity index (χ2v) is 8.00. The van der Waals surface area contributed by atoms with Crippen LogP contribution in [0.5, 0.6) is 0 Å². The quantitative estimate of drug-likeness (QED) is 0.462.